The van der Waals surface area contributed by atoms with Crippen molar-refractivity contribution >= 4 is 23.7 Å². The Kier molecular flexibility index (Phi) is 10.6. The van der Waals surface area contributed by atoms with Crippen molar-refractivity contribution in [2.75, 3.05) is 25.4 Å². The number of carbonyl (C=O) groups is 2. The van der Waals surface area contributed by atoms with Crippen LogP contribution >= 0.6 is 11.8 Å². The lowest BCUT2D eigenvalue weighted by atomic mass is 9.96. The third kappa shape index (κ3) is 7.73. The Morgan fingerprint density at radius 3 is 2.48 bits per heavy atom. The van der Waals surface area contributed by atoms with Gasteiger partial charge in [0, 0.05) is 50.3 Å². The maximum Gasteiger partial charge on any atom is 0.317 e. The molecule has 1 aliphatic heterocycles. The topological polar surface area (TPSA) is 83.4 Å². The van der Waals surface area contributed by atoms with Gasteiger partial charge in [0.15, 0.2) is 5.16 Å². The number of carbonyl (C=O) groups excluding carboxylic acids is 2. The van der Waals surface area contributed by atoms with Crippen molar-refractivity contribution in [3.05, 3.63) is 71.5 Å². The average Bonchev–Trinajstić information content (AvgIpc) is 3.39. The minimum Gasteiger partial charge on any atom is -0.339 e. The number of thioether (sulfide) groups is 1. The Hall–Kier alpha value is -3.33. The summed E-state index contributed by atoms with van der Waals surface area (Å²) in [6, 6.07) is 19.1. The van der Waals surface area contributed by atoms with Crippen LogP contribution in [0.25, 0.3) is 5.69 Å². The Bertz CT molecular complexity index is 1320. The van der Waals surface area contributed by atoms with E-state index in [4.69, 9.17) is 0 Å². The number of aromatic nitrogens is 3. The van der Waals surface area contributed by atoms with E-state index >= 15 is 0 Å². The summed E-state index contributed by atoms with van der Waals surface area (Å²) < 4.78 is 2.18. The number of para-hydroxylation sites is 1. The van der Waals surface area contributed by atoms with Crippen molar-refractivity contribution in [2.45, 2.75) is 88.9 Å². The van der Waals surface area contributed by atoms with Crippen LogP contribution in [0.5, 0.6) is 0 Å². The van der Waals surface area contributed by atoms with E-state index in [1.807, 2.05) is 22.8 Å². The smallest absolute Gasteiger partial charge is 0.317 e. The van der Waals surface area contributed by atoms with E-state index in [0.717, 1.165) is 48.1 Å². The molecule has 2 aromatic carbocycles. The summed E-state index contributed by atoms with van der Waals surface area (Å²) >= 11 is 1.70. The van der Waals surface area contributed by atoms with E-state index < -0.39 is 0 Å². The highest BCUT2D eigenvalue weighted by Crippen LogP contribution is 2.26. The number of urea groups is 1. The molecule has 1 saturated heterocycles. The number of benzene rings is 2. The maximum atomic E-state index is 13.0. The minimum absolute atomic E-state index is 0.0275. The van der Waals surface area contributed by atoms with Gasteiger partial charge >= 0.3 is 6.03 Å². The zero-order chi connectivity index (χ0) is 29.3. The molecule has 1 unspecified atom stereocenters. The van der Waals surface area contributed by atoms with E-state index in [2.05, 4.69) is 75.5 Å². The van der Waals surface area contributed by atoms with Crippen molar-refractivity contribution in [3.63, 3.8) is 0 Å². The minimum atomic E-state index is 0.0275. The van der Waals surface area contributed by atoms with Crippen molar-refractivity contribution in [2.24, 2.45) is 0 Å². The molecule has 1 aliphatic carbocycles. The molecule has 2 heterocycles. The van der Waals surface area contributed by atoms with E-state index in [0.29, 0.717) is 38.5 Å². The normalized spacial score (nSPS) is 17.8. The number of unbranched alkanes of at least 4 members (excludes halogenated alkanes) is 1. The number of piperazine rings is 1. The van der Waals surface area contributed by atoms with Crippen LogP contribution in [-0.2, 0) is 11.2 Å². The lowest BCUT2D eigenvalue weighted by molar-refractivity contribution is -0.133. The van der Waals surface area contributed by atoms with Gasteiger partial charge in [-0.2, -0.15) is 0 Å². The number of nitrogens with zero attached hydrogens (tertiary/aromatic N) is 5. The summed E-state index contributed by atoms with van der Waals surface area (Å²) in [5.41, 5.74) is 3.49. The molecule has 8 nitrogen and oxygen atoms in total. The molecule has 0 spiro atoms. The standard InChI is InChI=1S/C33H44N6O2S/c1-25-13-9-10-18-29(25)39-30(23-27-14-5-3-6-15-27)35-36-33(39)42-22-12-11-19-31(40)37-20-21-38(26(2)24-37)32(41)34-28-16-7-4-8-17-28/h3,5-6,9-10,13-15,18,26,28H,4,7-8,11-12,16-17,19-24H2,1-2H3,(H,34,41). The van der Waals surface area contributed by atoms with Crippen LogP contribution in [0.3, 0.4) is 0 Å². The molecule has 2 fully saturated rings. The summed E-state index contributed by atoms with van der Waals surface area (Å²) in [5, 5.41) is 13.3. The highest BCUT2D eigenvalue weighted by Gasteiger charge is 2.30. The van der Waals surface area contributed by atoms with Gasteiger partial charge in [0.2, 0.25) is 5.91 Å². The van der Waals surface area contributed by atoms with Gasteiger partial charge in [-0.05, 0) is 56.7 Å². The fraction of sp³-hybridized carbons (Fsp3) is 0.515. The molecular weight excluding hydrogens is 544 g/mol. The molecule has 224 valence electrons. The van der Waals surface area contributed by atoms with Gasteiger partial charge in [-0.25, -0.2) is 4.79 Å². The first-order valence-corrected chi connectivity index (χ1v) is 16.5. The SMILES string of the molecule is Cc1ccccc1-n1c(Cc2ccccc2)nnc1SCCCCC(=O)N1CCN(C(=O)NC2CCCCC2)C(C)C1. The summed E-state index contributed by atoms with van der Waals surface area (Å²) in [6.07, 6.45) is 8.82. The highest BCUT2D eigenvalue weighted by atomic mass is 32.2. The molecule has 9 heteroatoms. The molecule has 42 heavy (non-hydrogen) atoms. The van der Waals surface area contributed by atoms with Crippen molar-refractivity contribution < 1.29 is 9.59 Å². The van der Waals surface area contributed by atoms with Gasteiger partial charge in [-0.15, -0.1) is 10.2 Å². The van der Waals surface area contributed by atoms with Gasteiger partial charge in [-0.1, -0.05) is 79.6 Å². The quantitative estimate of drug-likeness (QED) is 0.232. The van der Waals surface area contributed by atoms with Crippen LogP contribution in [-0.4, -0.2) is 74.0 Å². The van der Waals surface area contributed by atoms with Crippen LogP contribution in [0.1, 0.15) is 75.2 Å². The van der Waals surface area contributed by atoms with E-state index in [-0.39, 0.29) is 18.0 Å². The van der Waals surface area contributed by atoms with Gasteiger partial charge in [0.25, 0.3) is 0 Å². The number of rotatable bonds is 10. The molecular formula is C33H44N6O2S. The molecule has 1 N–H and O–H groups in total. The van der Waals surface area contributed by atoms with Crippen LogP contribution < -0.4 is 5.32 Å². The van der Waals surface area contributed by atoms with Crippen LogP contribution in [0.2, 0.25) is 0 Å². The van der Waals surface area contributed by atoms with E-state index in [1.54, 1.807) is 11.8 Å². The van der Waals surface area contributed by atoms with Gasteiger partial charge < -0.3 is 15.1 Å². The third-order valence-corrected chi connectivity index (χ3v) is 9.47. The van der Waals surface area contributed by atoms with Gasteiger partial charge in [0.1, 0.15) is 5.82 Å². The van der Waals surface area contributed by atoms with Crippen molar-refractivity contribution in [3.8, 4) is 5.69 Å². The number of amides is 3. The van der Waals surface area contributed by atoms with Crippen LogP contribution in [0.15, 0.2) is 59.8 Å². The van der Waals surface area contributed by atoms with E-state index in [9.17, 15) is 9.59 Å². The number of aryl methyl sites for hydroxylation is 1. The Labute approximate surface area is 254 Å². The molecule has 2 aliphatic rings. The van der Waals surface area contributed by atoms with Crippen LogP contribution in [0, 0.1) is 6.92 Å². The van der Waals surface area contributed by atoms with Crippen molar-refractivity contribution in [1.29, 1.82) is 0 Å². The van der Waals surface area contributed by atoms with Gasteiger partial charge in [-0.3, -0.25) is 9.36 Å². The Balaban J connectivity index is 1.09. The fourth-order valence-electron chi connectivity index (χ4n) is 6.03. The molecule has 0 radical (unpaired) electrons. The first-order chi connectivity index (χ1) is 20.5. The predicted molar refractivity (Wildman–Crippen MR) is 168 cm³/mol. The second-order valence-electron chi connectivity index (χ2n) is 11.7. The molecule has 0 bridgehead atoms. The number of hydrogen-bond donors (Lipinski definition) is 1. The first kappa shape index (κ1) is 30.1. The Morgan fingerprint density at radius 2 is 1.71 bits per heavy atom. The van der Waals surface area contributed by atoms with Crippen molar-refractivity contribution in [1.82, 2.24) is 29.9 Å². The number of nitrogens with one attached hydrogen (secondary N) is 1. The highest BCUT2D eigenvalue weighted by molar-refractivity contribution is 7.99. The molecule has 3 aromatic rings. The molecule has 1 aromatic heterocycles. The summed E-state index contributed by atoms with van der Waals surface area (Å²) in [5.74, 6) is 1.98. The summed E-state index contributed by atoms with van der Waals surface area (Å²) in [6.45, 7) is 5.98. The Morgan fingerprint density at radius 1 is 0.952 bits per heavy atom. The average molecular weight is 589 g/mol. The monoisotopic (exact) mass is 588 g/mol. The maximum absolute atomic E-state index is 13.0. The second kappa shape index (κ2) is 14.7. The molecule has 3 amide bonds. The third-order valence-electron chi connectivity index (χ3n) is 8.45. The van der Waals surface area contributed by atoms with Gasteiger partial charge in [0.05, 0.1) is 5.69 Å². The van der Waals surface area contributed by atoms with Crippen LogP contribution in [0.4, 0.5) is 4.79 Å². The zero-order valence-corrected chi connectivity index (χ0v) is 25.8. The largest absolute Gasteiger partial charge is 0.339 e. The molecule has 1 atom stereocenters. The predicted octanol–water partition coefficient (Wildman–Crippen LogP) is 6.00. The molecule has 5 rings (SSSR count). The fourth-order valence-corrected chi connectivity index (χ4v) is 7.00. The lowest BCUT2D eigenvalue weighted by Crippen LogP contribution is -2.58. The summed E-state index contributed by atoms with van der Waals surface area (Å²) in [7, 11) is 0. The zero-order valence-electron chi connectivity index (χ0n) is 25.0. The second-order valence-corrected chi connectivity index (χ2v) is 12.7. The lowest BCUT2D eigenvalue weighted by Gasteiger charge is -2.40. The number of hydrogen-bond acceptors (Lipinski definition) is 5. The van der Waals surface area contributed by atoms with E-state index in [1.165, 1.54) is 30.4 Å². The first-order valence-electron chi connectivity index (χ1n) is 15.5. The molecule has 1 saturated carbocycles. The summed E-state index contributed by atoms with van der Waals surface area (Å²) in [4.78, 5) is 29.7.